The van der Waals surface area contributed by atoms with Crippen molar-refractivity contribution in [3.8, 4) is 0 Å². The second-order valence-corrected chi connectivity index (χ2v) is 5.01. The molecule has 3 nitrogen and oxygen atoms in total. The Hall–Kier alpha value is -1.36. The van der Waals surface area contributed by atoms with Crippen molar-refractivity contribution in [2.75, 3.05) is 30.8 Å². The van der Waals surface area contributed by atoms with Crippen molar-refractivity contribution in [3.63, 3.8) is 0 Å². The maximum absolute atomic E-state index is 13.8. The van der Waals surface area contributed by atoms with Crippen molar-refractivity contribution < 1.29 is 13.5 Å². The van der Waals surface area contributed by atoms with E-state index in [9.17, 15) is 8.78 Å². The van der Waals surface area contributed by atoms with Crippen molar-refractivity contribution in [1.29, 1.82) is 0 Å². The normalized spacial score (nSPS) is 24.3. The highest BCUT2D eigenvalue weighted by Gasteiger charge is 2.33. The van der Waals surface area contributed by atoms with Crippen LogP contribution in [-0.4, -0.2) is 25.8 Å². The Balaban J connectivity index is 2.32. The number of anilines is 2. The molecule has 100 valence electrons. The second kappa shape index (κ2) is 4.72. The molecule has 0 spiro atoms. The third-order valence-corrected chi connectivity index (χ3v) is 3.51. The molecule has 1 aromatic rings. The Kier molecular flexibility index (Phi) is 3.43. The van der Waals surface area contributed by atoms with Crippen LogP contribution < -0.4 is 10.6 Å². The number of methoxy groups -OCH3 is 1. The van der Waals surface area contributed by atoms with Crippen LogP contribution in [0.1, 0.15) is 19.8 Å². The summed E-state index contributed by atoms with van der Waals surface area (Å²) in [5.41, 5.74) is 5.14. The minimum absolute atomic E-state index is 0.00725. The minimum Gasteiger partial charge on any atom is -0.399 e. The third kappa shape index (κ3) is 2.41. The highest BCUT2D eigenvalue weighted by atomic mass is 19.1. The van der Waals surface area contributed by atoms with Crippen LogP contribution in [0.2, 0.25) is 0 Å². The average molecular weight is 256 g/mol. The second-order valence-electron chi connectivity index (χ2n) is 5.01. The van der Waals surface area contributed by atoms with Crippen molar-refractivity contribution in [2.24, 2.45) is 0 Å². The lowest BCUT2D eigenvalue weighted by molar-refractivity contribution is -0.00489. The molecule has 0 bridgehead atoms. The van der Waals surface area contributed by atoms with Gasteiger partial charge in [0.25, 0.3) is 0 Å². The van der Waals surface area contributed by atoms with E-state index in [4.69, 9.17) is 10.5 Å². The molecule has 0 aromatic heterocycles. The quantitative estimate of drug-likeness (QED) is 0.826. The van der Waals surface area contributed by atoms with E-state index in [1.54, 1.807) is 12.0 Å². The number of ether oxygens (including phenoxy) is 1. The van der Waals surface area contributed by atoms with Gasteiger partial charge < -0.3 is 15.4 Å². The third-order valence-electron chi connectivity index (χ3n) is 3.51. The number of halogens is 2. The maximum atomic E-state index is 13.8. The molecule has 18 heavy (non-hydrogen) atoms. The first kappa shape index (κ1) is 13.1. The summed E-state index contributed by atoms with van der Waals surface area (Å²) in [6, 6.07) is 2.30. The molecule has 1 fully saturated rings. The van der Waals surface area contributed by atoms with Crippen LogP contribution >= 0.6 is 0 Å². The molecule has 2 N–H and O–H groups in total. The number of piperidine rings is 1. The number of hydrogen-bond donors (Lipinski definition) is 1. The van der Waals surface area contributed by atoms with Gasteiger partial charge in [0.2, 0.25) is 0 Å². The van der Waals surface area contributed by atoms with E-state index in [1.807, 2.05) is 6.92 Å². The van der Waals surface area contributed by atoms with Gasteiger partial charge in [-0.05, 0) is 31.9 Å². The molecule has 1 aliphatic rings. The van der Waals surface area contributed by atoms with Gasteiger partial charge in [-0.25, -0.2) is 8.78 Å². The molecule has 0 radical (unpaired) electrons. The average Bonchev–Trinajstić information content (AvgIpc) is 2.28. The Labute approximate surface area is 106 Å². The van der Waals surface area contributed by atoms with E-state index in [-0.39, 0.29) is 17.0 Å². The monoisotopic (exact) mass is 256 g/mol. The van der Waals surface area contributed by atoms with Gasteiger partial charge in [0.15, 0.2) is 11.6 Å². The number of hydrogen-bond acceptors (Lipinski definition) is 3. The molecule has 1 saturated heterocycles. The lowest BCUT2D eigenvalue weighted by atomic mass is 9.94. The largest absolute Gasteiger partial charge is 0.399 e. The fourth-order valence-corrected chi connectivity index (χ4v) is 2.45. The smallest absolute Gasteiger partial charge is 0.151 e. The van der Waals surface area contributed by atoms with E-state index in [1.165, 1.54) is 0 Å². The first-order chi connectivity index (χ1) is 8.45. The van der Waals surface area contributed by atoms with Gasteiger partial charge >= 0.3 is 0 Å². The van der Waals surface area contributed by atoms with E-state index < -0.39 is 11.6 Å². The zero-order valence-electron chi connectivity index (χ0n) is 10.7. The van der Waals surface area contributed by atoms with E-state index >= 15 is 0 Å². The molecule has 1 atom stereocenters. The summed E-state index contributed by atoms with van der Waals surface area (Å²) in [5, 5.41) is 0. The Morgan fingerprint density at radius 2 is 1.94 bits per heavy atom. The van der Waals surface area contributed by atoms with Gasteiger partial charge in [0, 0.05) is 25.9 Å². The van der Waals surface area contributed by atoms with Crippen LogP contribution in [0.25, 0.3) is 0 Å². The van der Waals surface area contributed by atoms with Gasteiger partial charge in [0.1, 0.15) is 5.69 Å². The van der Waals surface area contributed by atoms with Gasteiger partial charge in [0.05, 0.1) is 5.60 Å². The van der Waals surface area contributed by atoms with Crippen molar-refractivity contribution in [3.05, 3.63) is 23.8 Å². The summed E-state index contributed by atoms with van der Waals surface area (Å²) < 4.78 is 33.1. The Morgan fingerprint density at radius 3 is 2.50 bits per heavy atom. The fourth-order valence-electron chi connectivity index (χ4n) is 2.45. The summed E-state index contributed by atoms with van der Waals surface area (Å²) in [7, 11) is 1.62. The molecule has 0 amide bonds. The molecule has 5 heteroatoms. The van der Waals surface area contributed by atoms with Gasteiger partial charge in [-0.1, -0.05) is 0 Å². The van der Waals surface area contributed by atoms with Gasteiger partial charge in [-0.3, -0.25) is 0 Å². The topological polar surface area (TPSA) is 38.5 Å². The number of nitrogens with zero attached hydrogens (tertiary/aromatic N) is 1. The molecule has 1 heterocycles. The van der Waals surface area contributed by atoms with E-state index in [0.717, 1.165) is 25.0 Å². The summed E-state index contributed by atoms with van der Waals surface area (Å²) in [5.74, 6) is -1.24. The molecule has 0 aliphatic carbocycles. The predicted molar refractivity (Wildman–Crippen MR) is 67.6 cm³/mol. The van der Waals surface area contributed by atoms with Gasteiger partial charge in [-0.15, -0.1) is 0 Å². The van der Waals surface area contributed by atoms with Crippen LogP contribution in [-0.2, 0) is 4.74 Å². The molecule has 1 unspecified atom stereocenters. The van der Waals surface area contributed by atoms with Crippen LogP contribution in [0, 0.1) is 11.6 Å². The first-order valence-corrected chi connectivity index (χ1v) is 6.00. The number of benzene rings is 1. The van der Waals surface area contributed by atoms with Gasteiger partial charge in [-0.2, -0.15) is 0 Å². The fraction of sp³-hybridized carbons (Fsp3) is 0.538. The Bertz CT molecular complexity index is 430. The summed E-state index contributed by atoms with van der Waals surface area (Å²) in [4.78, 5) is 1.69. The van der Waals surface area contributed by atoms with E-state index in [2.05, 4.69) is 0 Å². The molecule has 0 saturated carbocycles. The minimum atomic E-state index is -0.618. The van der Waals surface area contributed by atoms with Crippen molar-refractivity contribution >= 4 is 11.4 Å². The van der Waals surface area contributed by atoms with Crippen LogP contribution in [0.3, 0.4) is 0 Å². The highest BCUT2D eigenvalue weighted by molar-refractivity contribution is 5.56. The Morgan fingerprint density at radius 1 is 1.33 bits per heavy atom. The zero-order chi connectivity index (χ0) is 13.3. The lowest BCUT2D eigenvalue weighted by Gasteiger charge is -2.40. The zero-order valence-corrected chi connectivity index (χ0v) is 10.7. The van der Waals surface area contributed by atoms with Crippen molar-refractivity contribution in [2.45, 2.75) is 25.4 Å². The molecular weight excluding hydrogens is 238 g/mol. The number of nitrogen functional groups attached to an aromatic ring is 1. The van der Waals surface area contributed by atoms with Crippen LogP contribution in [0.15, 0.2) is 12.1 Å². The van der Waals surface area contributed by atoms with Crippen LogP contribution in [0.5, 0.6) is 0 Å². The predicted octanol–water partition coefficient (Wildman–Crippen LogP) is 2.55. The first-order valence-electron chi connectivity index (χ1n) is 6.00. The van der Waals surface area contributed by atoms with Crippen LogP contribution in [0.4, 0.5) is 20.2 Å². The van der Waals surface area contributed by atoms with E-state index in [0.29, 0.717) is 13.1 Å². The molecular formula is C13H18F2N2O. The lowest BCUT2D eigenvalue weighted by Crippen LogP contribution is -2.48. The molecule has 2 rings (SSSR count). The highest BCUT2D eigenvalue weighted by Crippen LogP contribution is 2.32. The summed E-state index contributed by atoms with van der Waals surface area (Å²) in [6.07, 6.45) is 1.73. The summed E-state index contributed by atoms with van der Waals surface area (Å²) >= 11 is 0. The number of nitrogens with two attached hydrogens (primary N) is 1. The number of rotatable bonds is 2. The standard InChI is InChI=1S/C13H18F2N2O/c1-13(18-2)4-3-5-17(8-13)12-10(14)6-9(16)7-11(12)15/h6-7H,3-5,8,16H2,1-2H3. The molecule has 1 aliphatic heterocycles. The molecule has 1 aromatic carbocycles. The maximum Gasteiger partial charge on any atom is 0.151 e. The van der Waals surface area contributed by atoms with Crippen molar-refractivity contribution in [1.82, 2.24) is 0 Å². The SMILES string of the molecule is COC1(C)CCCN(c2c(F)cc(N)cc2F)C1. The summed E-state index contributed by atoms with van der Waals surface area (Å²) in [6.45, 7) is 3.05.